The normalized spacial score (nSPS) is 14.6. The van der Waals surface area contributed by atoms with Gasteiger partial charge < -0.3 is 4.74 Å². The topological polar surface area (TPSA) is 47.9 Å². The fourth-order valence-electron chi connectivity index (χ4n) is 1.56. The molecule has 6 heteroatoms. The number of halogens is 2. The van der Waals surface area contributed by atoms with Crippen molar-refractivity contribution in [3.63, 3.8) is 0 Å². The lowest BCUT2D eigenvalue weighted by Gasteiger charge is -2.06. The standard InChI is InChI=1S/C12H9BrClN3O/c13-8-3-9(6-15-5-8)18-11-4-10(14)16-12(17-11)7-1-2-7/h3-7H,1-2H2. The zero-order valence-electron chi connectivity index (χ0n) is 9.31. The predicted molar refractivity (Wildman–Crippen MR) is 71.0 cm³/mol. The predicted octanol–water partition coefficient (Wildman–Crippen LogP) is 3.96. The van der Waals surface area contributed by atoms with Gasteiger partial charge in [0.1, 0.15) is 16.7 Å². The van der Waals surface area contributed by atoms with E-state index in [4.69, 9.17) is 16.3 Å². The maximum Gasteiger partial charge on any atom is 0.224 e. The molecule has 0 aliphatic heterocycles. The zero-order chi connectivity index (χ0) is 12.5. The van der Waals surface area contributed by atoms with E-state index in [1.807, 2.05) is 6.07 Å². The molecule has 2 heterocycles. The van der Waals surface area contributed by atoms with E-state index < -0.39 is 0 Å². The summed E-state index contributed by atoms with van der Waals surface area (Å²) in [6.45, 7) is 0. The molecule has 2 aromatic heterocycles. The van der Waals surface area contributed by atoms with Gasteiger partial charge >= 0.3 is 0 Å². The first-order valence-electron chi connectivity index (χ1n) is 5.53. The molecule has 3 rings (SSSR count). The monoisotopic (exact) mass is 325 g/mol. The smallest absolute Gasteiger partial charge is 0.224 e. The van der Waals surface area contributed by atoms with Gasteiger partial charge in [0.15, 0.2) is 0 Å². The van der Waals surface area contributed by atoms with E-state index in [1.54, 1.807) is 18.5 Å². The van der Waals surface area contributed by atoms with Gasteiger partial charge in [-0.25, -0.2) is 4.98 Å². The summed E-state index contributed by atoms with van der Waals surface area (Å²) in [6.07, 6.45) is 5.56. The van der Waals surface area contributed by atoms with Crippen LogP contribution in [-0.4, -0.2) is 15.0 Å². The highest BCUT2D eigenvalue weighted by Crippen LogP contribution is 2.39. The lowest BCUT2D eigenvalue weighted by molar-refractivity contribution is 0.456. The van der Waals surface area contributed by atoms with Crippen LogP contribution in [0.1, 0.15) is 24.6 Å². The molecule has 0 bridgehead atoms. The molecule has 0 amide bonds. The Balaban J connectivity index is 1.87. The van der Waals surface area contributed by atoms with E-state index in [0.717, 1.165) is 23.1 Å². The van der Waals surface area contributed by atoms with Crippen molar-refractivity contribution in [2.45, 2.75) is 18.8 Å². The van der Waals surface area contributed by atoms with Crippen molar-refractivity contribution in [2.75, 3.05) is 0 Å². The molecule has 0 N–H and O–H groups in total. The summed E-state index contributed by atoms with van der Waals surface area (Å²) in [5.41, 5.74) is 0. The van der Waals surface area contributed by atoms with E-state index in [-0.39, 0.29) is 0 Å². The summed E-state index contributed by atoms with van der Waals surface area (Å²) in [6, 6.07) is 3.42. The van der Waals surface area contributed by atoms with Crippen LogP contribution in [0.25, 0.3) is 0 Å². The molecule has 18 heavy (non-hydrogen) atoms. The Morgan fingerprint density at radius 1 is 1.22 bits per heavy atom. The molecule has 1 fully saturated rings. The van der Waals surface area contributed by atoms with Gasteiger partial charge in [0.2, 0.25) is 5.88 Å². The van der Waals surface area contributed by atoms with Crippen LogP contribution < -0.4 is 4.74 Å². The van der Waals surface area contributed by atoms with Gasteiger partial charge in [0.05, 0.1) is 6.20 Å². The molecule has 0 atom stereocenters. The SMILES string of the molecule is Clc1cc(Oc2cncc(Br)c2)nc(C2CC2)n1. The van der Waals surface area contributed by atoms with Gasteiger partial charge in [-0.05, 0) is 34.8 Å². The van der Waals surface area contributed by atoms with Gasteiger partial charge in [-0.3, -0.25) is 4.98 Å². The van der Waals surface area contributed by atoms with Crippen molar-refractivity contribution < 1.29 is 4.74 Å². The molecule has 0 unspecified atom stereocenters. The second kappa shape index (κ2) is 4.82. The minimum absolute atomic E-state index is 0.407. The van der Waals surface area contributed by atoms with Crippen LogP contribution in [0.2, 0.25) is 5.15 Å². The fourth-order valence-corrected chi connectivity index (χ4v) is 2.08. The van der Waals surface area contributed by atoms with Crippen molar-refractivity contribution in [1.29, 1.82) is 0 Å². The highest BCUT2D eigenvalue weighted by Gasteiger charge is 2.27. The van der Waals surface area contributed by atoms with E-state index >= 15 is 0 Å². The van der Waals surface area contributed by atoms with Crippen molar-refractivity contribution >= 4 is 27.5 Å². The maximum absolute atomic E-state index is 5.96. The van der Waals surface area contributed by atoms with E-state index in [1.165, 1.54) is 0 Å². The van der Waals surface area contributed by atoms with Crippen LogP contribution in [0.4, 0.5) is 0 Å². The number of ether oxygens (including phenoxy) is 1. The summed E-state index contributed by atoms with van der Waals surface area (Å²) in [5.74, 6) is 2.27. The molecule has 1 aliphatic rings. The zero-order valence-corrected chi connectivity index (χ0v) is 11.6. The third-order valence-electron chi connectivity index (χ3n) is 2.53. The molecule has 4 nitrogen and oxygen atoms in total. The second-order valence-corrected chi connectivity index (χ2v) is 5.41. The van der Waals surface area contributed by atoms with Crippen LogP contribution in [-0.2, 0) is 0 Å². The molecule has 1 aliphatic carbocycles. The number of hydrogen-bond acceptors (Lipinski definition) is 4. The van der Waals surface area contributed by atoms with Crippen LogP contribution in [0.15, 0.2) is 29.0 Å². The third-order valence-corrected chi connectivity index (χ3v) is 3.16. The van der Waals surface area contributed by atoms with E-state index in [0.29, 0.717) is 22.7 Å². The van der Waals surface area contributed by atoms with Crippen LogP contribution >= 0.6 is 27.5 Å². The van der Waals surface area contributed by atoms with Gasteiger partial charge in [-0.1, -0.05) is 11.6 Å². The fraction of sp³-hybridized carbons (Fsp3) is 0.250. The average Bonchev–Trinajstić information content (AvgIpc) is 3.11. The van der Waals surface area contributed by atoms with Gasteiger partial charge in [0.25, 0.3) is 0 Å². The minimum atomic E-state index is 0.407. The van der Waals surface area contributed by atoms with Crippen molar-refractivity contribution in [3.05, 3.63) is 40.0 Å². The highest BCUT2D eigenvalue weighted by atomic mass is 79.9. The summed E-state index contributed by atoms with van der Waals surface area (Å²) in [5, 5.41) is 0.407. The second-order valence-electron chi connectivity index (χ2n) is 4.10. The summed E-state index contributed by atoms with van der Waals surface area (Å²) in [4.78, 5) is 12.6. The maximum atomic E-state index is 5.96. The molecule has 0 aromatic carbocycles. The molecule has 0 saturated heterocycles. The van der Waals surface area contributed by atoms with Crippen molar-refractivity contribution in [1.82, 2.24) is 15.0 Å². The minimum Gasteiger partial charge on any atom is -0.437 e. The quantitative estimate of drug-likeness (QED) is 0.801. The van der Waals surface area contributed by atoms with E-state index in [2.05, 4.69) is 30.9 Å². The Bertz CT molecular complexity index is 589. The van der Waals surface area contributed by atoms with Gasteiger partial charge in [-0.2, -0.15) is 4.98 Å². The van der Waals surface area contributed by atoms with Crippen molar-refractivity contribution in [3.8, 4) is 11.6 Å². The van der Waals surface area contributed by atoms with Crippen molar-refractivity contribution in [2.24, 2.45) is 0 Å². The molecule has 1 saturated carbocycles. The Labute approximate surface area is 118 Å². The van der Waals surface area contributed by atoms with E-state index in [9.17, 15) is 0 Å². The van der Waals surface area contributed by atoms with Crippen LogP contribution in [0.5, 0.6) is 11.6 Å². The van der Waals surface area contributed by atoms with Crippen LogP contribution in [0.3, 0.4) is 0 Å². The Morgan fingerprint density at radius 3 is 2.78 bits per heavy atom. The summed E-state index contributed by atoms with van der Waals surface area (Å²) in [7, 11) is 0. The Kier molecular flexibility index (Phi) is 3.18. The first-order chi connectivity index (χ1) is 8.70. The first kappa shape index (κ1) is 11.9. The largest absolute Gasteiger partial charge is 0.437 e. The number of nitrogens with zero attached hydrogens (tertiary/aromatic N) is 3. The summed E-state index contributed by atoms with van der Waals surface area (Å²) >= 11 is 9.30. The van der Waals surface area contributed by atoms with Gasteiger partial charge in [-0.15, -0.1) is 0 Å². The lowest BCUT2D eigenvalue weighted by atomic mass is 10.4. The molecular formula is C12H9BrClN3O. The number of aromatic nitrogens is 3. The average molecular weight is 327 g/mol. The summed E-state index contributed by atoms with van der Waals surface area (Å²) < 4.78 is 6.48. The number of pyridine rings is 1. The molecule has 2 aromatic rings. The molecule has 0 spiro atoms. The highest BCUT2D eigenvalue weighted by molar-refractivity contribution is 9.10. The van der Waals surface area contributed by atoms with Gasteiger partial charge in [0, 0.05) is 22.7 Å². The third kappa shape index (κ3) is 2.79. The van der Waals surface area contributed by atoms with Crippen LogP contribution in [0, 0.1) is 0 Å². The molecule has 0 radical (unpaired) electrons. The molecule has 92 valence electrons. The first-order valence-corrected chi connectivity index (χ1v) is 6.71. The lowest BCUT2D eigenvalue weighted by Crippen LogP contribution is -1.96. The Hall–Kier alpha value is -1.20. The number of rotatable bonds is 3. The Morgan fingerprint density at radius 2 is 2.06 bits per heavy atom. The molecular weight excluding hydrogens is 318 g/mol. The number of hydrogen-bond donors (Lipinski definition) is 0.